The lowest BCUT2D eigenvalue weighted by Gasteiger charge is -2.26. The lowest BCUT2D eigenvalue weighted by Crippen LogP contribution is -2.20. The van der Waals surface area contributed by atoms with Crippen molar-refractivity contribution >= 4 is 0 Å². The maximum atomic E-state index is 4.10. The molecule has 0 saturated heterocycles. The molecule has 1 fully saturated rings. The predicted molar refractivity (Wildman–Crippen MR) is 71.0 cm³/mol. The number of hydrogen-bond acceptors (Lipinski definition) is 4. The summed E-state index contributed by atoms with van der Waals surface area (Å²) in [5, 5.41) is 15.2. The van der Waals surface area contributed by atoms with Crippen LogP contribution in [0.3, 0.4) is 0 Å². The van der Waals surface area contributed by atoms with E-state index in [2.05, 4.69) is 34.7 Å². The highest BCUT2D eigenvalue weighted by Crippen LogP contribution is 2.30. The summed E-state index contributed by atoms with van der Waals surface area (Å²) in [6.45, 7) is 5.40. The average Bonchev–Trinajstić information content (AvgIpc) is 2.85. The third kappa shape index (κ3) is 3.28. The van der Waals surface area contributed by atoms with Crippen LogP contribution in [0.5, 0.6) is 0 Å². The standard InChI is InChI=1S/C13H25N5/c1-10-4-6-12(7-5-10)8-9-18-13(11(2)14-3)15-16-17-18/h10-12,14H,4-9H2,1-3H3. The summed E-state index contributed by atoms with van der Waals surface area (Å²) in [6.07, 6.45) is 6.74. The minimum atomic E-state index is 0.214. The summed E-state index contributed by atoms with van der Waals surface area (Å²) in [5.74, 6) is 2.74. The predicted octanol–water partition coefficient (Wildman–Crippen LogP) is 2.17. The molecule has 5 nitrogen and oxygen atoms in total. The van der Waals surface area contributed by atoms with Gasteiger partial charge >= 0.3 is 0 Å². The lowest BCUT2D eigenvalue weighted by molar-refractivity contribution is 0.263. The highest BCUT2D eigenvalue weighted by atomic mass is 15.5. The summed E-state index contributed by atoms with van der Waals surface area (Å²) < 4.78 is 1.96. The highest BCUT2D eigenvalue weighted by Gasteiger charge is 2.19. The summed E-state index contributed by atoms with van der Waals surface area (Å²) in [4.78, 5) is 0. The molecular weight excluding hydrogens is 226 g/mol. The molecule has 1 saturated carbocycles. The van der Waals surface area contributed by atoms with Gasteiger partial charge in [-0.05, 0) is 42.7 Å². The Balaban J connectivity index is 1.85. The number of aryl methyl sites for hydroxylation is 1. The number of tetrazole rings is 1. The van der Waals surface area contributed by atoms with Crippen molar-refractivity contribution in [3.8, 4) is 0 Å². The minimum Gasteiger partial charge on any atom is -0.311 e. The Bertz CT molecular complexity index is 354. The molecule has 1 atom stereocenters. The molecule has 5 heteroatoms. The first-order chi connectivity index (χ1) is 8.70. The van der Waals surface area contributed by atoms with E-state index in [4.69, 9.17) is 0 Å². The smallest absolute Gasteiger partial charge is 0.167 e. The lowest BCUT2D eigenvalue weighted by atomic mass is 9.81. The SMILES string of the molecule is CNC(C)c1nnnn1CCC1CCC(C)CC1. The fourth-order valence-electron chi connectivity index (χ4n) is 2.73. The Labute approximate surface area is 109 Å². The summed E-state index contributed by atoms with van der Waals surface area (Å²) in [7, 11) is 1.94. The van der Waals surface area contributed by atoms with E-state index >= 15 is 0 Å². The third-order valence-electron chi connectivity index (χ3n) is 4.26. The van der Waals surface area contributed by atoms with Gasteiger partial charge in [-0.2, -0.15) is 0 Å². The highest BCUT2D eigenvalue weighted by molar-refractivity contribution is 4.88. The van der Waals surface area contributed by atoms with Crippen LogP contribution in [0.2, 0.25) is 0 Å². The van der Waals surface area contributed by atoms with Gasteiger partial charge in [0.1, 0.15) is 0 Å². The Kier molecular flexibility index (Phi) is 4.69. The van der Waals surface area contributed by atoms with Crippen molar-refractivity contribution in [2.24, 2.45) is 11.8 Å². The second kappa shape index (κ2) is 6.27. The molecule has 1 N–H and O–H groups in total. The van der Waals surface area contributed by atoms with Gasteiger partial charge in [-0.3, -0.25) is 0 Å². The van der Waals surface area contributed by atoms with Gasteiger partial charge in [0.25, 0.3) is 0 Å². The van der Waals surface area contributed by atoms with E-state index < -0.39 is 0 Å². The van der Waals surface area contributed by atoms with Gasteiger partial charge in [0.15, 0.2) is 5.82 Å². The van der Waals surface area contributed by atoms with E-state index in [1.54, 1.807) is 0 Å². The van der Waals surface area contributed by atoms with Crippen LogP contribution in [0.1, 0.15) is 57.8 Å². The fraction of sp³-hybridized carbons (Fsp3) is 0.923. The summed E-state index contributed by atoms with van der Waals surface area (Å²) in [6, 6.07) is 0.214. The van der Waals surface area contributed by atoms with Crippen LogP contribution in [0.15, 0.2) is 0 Å². The van der Waals surface area contributed by atoms with Gasteiger partial charge in [0.2, 0.25) is 0 Å². The quantitative estimate of drug-likeness (QED) is 0.871. The van der Waals surface area contributed by atoms with Crippen LogP contribution in [0.25, 0.3) is 0 Å². The molecule has 1 aliphatic rings. The zero-order valence-corrected chi connectivity index (χ0v) is 11.8. The number of rotatable bonds is 5. The average molecular weight is 251 g/mol. The Hall–Kier alpha value is -0.970. The second-order valence-electron chi connectivity index (χ2n) is 5.69. The van der Waals surface area contributed by atoms with Crippen molar-refractivity contribution in [1.82, 2.24) is 25.5 Å². The number of aromatic nitrogens is 4. The van der Waals surface area contributed by atoms with Crippen LogP contribution in [0.4, 0.5) is 0 Å². The molecule has 1 aliphatic carbocycles. The molecular formula is C13H25N5. The molecule has 0 radical (unpaired) electrons. The topological polar surface area (TPSA) is 55.6 Å². The molecule has 1 aromatic heterocycles. The molecule has 1 heterocycles. The van der Waals surface area contributed by atoms with Gasteiger partial charge in [-0.15, -0.1) is 5.10 Å². The van der Waals surface area contributed by atoms with E-state index in [0.717, 1.165) is 24.2 Å². The first-order valence-electron chi connectivity index (χ1n) is 7.14. The molecule has 2 rings (SSSR count). The number of nitrogens with zero attached hydrogens (tertiary/aromatic N) is 4. The van der Waals surface area contributed by atoms with Crippen LogP contribution >= 0.6 is 0 Å². The third-order valence-corrected chi connectivity index (χ3v) is 4.26. The molecule has 102 valence electrons. The number of nitrogens with one attached hydrogen (secondary N) is 1. The normalized spacial score (nSPS) is 26.2. The molecule has 0 aliphatic heterocycles. The molecule has 0 aromatic carbocycles. The van der Waals surface area contributed by atoms with Crippen LogP contribution in [-0.2, 0) is 6.54 Å². The van der Waals surface area contributed by atoms with E-state index in [0.29, 0.717) is 0 Å². The van der Waals surface area contributed by atoms with Crippen molar-refractivity contribution in [3.63, 3.8) is 0 Å². The molecule has 0 bridgehead atoms. The van der Waals surface area contributed by atoms with Crippen molar-refractivity contribution in [3.05, 3.63) is 5.82 Å². The molecule has 18 heavy (non-hydrogen) atoms. The van der Waals surface area contributed by atoms with Gasteiger partial charge in [0.05, 0.1) is 6.04 Å². The van der Waals surface area contributed by atoms with E-state index in [-0.39, 0.29) is 6.04 Å². The van der Waals surface area contributed by atoms with Gasteiger partial charge in [-0.1, -0.05) is 32.6 Å². The Morgan fingerprint density at radius 1 is 1.33 bits per heavy atom. The number of hydrogen-bond donors (Lipinski definition) is 1. The monoisotopic (exact) mass is 251 g/mol. The Morgan fingerprint density at radius 2 is 2.06 bits per heavy atom. The van der Waals surface area contributed by atoms with Crippen molar-refractivity contribution < 1.29 is 0 Å². The first-order valence-corrected chi connectivity index (χ1v) is 7.14. The summed E-state index contributed by atoms with van der Waals surface area (Å²) >= 11 is 0. The van der Waals surface area contributed by atoms with Crippen LogP contribution < -0.4 is 5.32 Å². The largest absolute Gasteiger partial charge is 0.311 e. The zero-order chi connectivity index (χ0) is 13.0. The molecule has 0 spiro atoms. The summed E-state index contributed by atoms with van der Waals surface area (Å²) in [5.41, 5.74) is 0. The maximum Gasteiger partial charge on any atom is 0.167 e. The molecule has 0 amide bonds. The van der Waals surface area contributed by atoms with Crippen molar-refractivity contribution in [1.29, 1.82) is 0 Å². The van der Waals surface area contributed by atoms with E-state index in [1.165, 1.54) is 32.1 Å². The van der Waals surface area contributed by atoms with Crippen LogP contribution in [0, 0.1) is 11.8 Å². The van der Waals surface area contributed by atoms with Crippen molar-refractivity contribution in [2.75, 3.05) is 7.05 Å². The van der Waals surface area contributed by atoms with Crippen molar-refractivity contribution in [2.45, 2.75) is 58.5 Å². The minimum absolute atomic E-state index is 0.214. The van der Waals surface area contributed by atoms with Gasteiger partial charge in [-0.25, -0.2) is 4.68 Å². The maximum absolute atomic E-state index is 4.10. The first kappa shape index (κ1) is 13.5. The fourth-order valence-corrected chi connectivity index (χ4v) is 2.73. The van der Waals surface area contributed by atoms with Gasteiger partial charge in [0, 0.05) is 6.54 Å². The second-order valence-corrected chi connectivity index (χ2v) is 5.69. The van der Waals surface area contributed by atoms with E-state index in [9.17, 15) is 0 Å². The zero-order valence-electron chi connectivity index (χ0n) is 11.8. The van der Waals surface area contributed by atoms with E-state index in [1.807, 2.05) is 11.7 Å². The molecule has 1 unspecified atom stereocenters. The van der Waals surface area contributed by atoms with Gasteiger partial charge < -0.3 is 5.32 Å². The Morgan fingerprint density at radius 3 is 2.72 bits per heavy atom. The molecule has 1 aromatic rings. The van der Waals surface area contributed by atoms with Crippen LogP contribution in [-0.4, -0.2) is 27.3 Å².